The maximum Gasteiger partial charge on any atom is 0.0897 e. The summed E-state index contributed by atoms with van der Waals surface area (Å²) in [6, 6.07) is 8.69. The summed E-state index contributed by atoms with van der Waals surface area (Å²) in [5.74, 6) is 0. The second kappa shape index (κ2) is 5.52. The molecule has 0 heterocycles. The fourth-order valence-electron chi connectivity index (χ4n) is 4.41. The van der Waals surface area contributed by atoms with E-state index in [0.717, 1.165) is 24.8 Å². The summed E-state index contributed by atoms with van der Waals surface area (Å²) >= 11 is 0. The normalized spacial score (nSPS) is 24.1. The number of hydrogen-bond donors (Lipinski definition) is 1. The highest BCUT2D eigenvalue weighted by atomic mass is 16.3. The Balaban J connectivity index is 1.74. The molecule has 1 heteroatoms. The van der Waals surface area contributed by atoms with Gasteiger partial charge in [0.25, 0.3) is 0 Å². The van der Waals surface area contributed by atoms with Gasteiger partial charge in [0.2, 0.25) is 0 Å². The third kappa shape index (κ3) is 2.65. The average Bonchev–Trinajstić information content (AvgIpc) is 2.92. The van der Waals surface area contributed by atoms with Crippen LogP contribution in [0.5, 0.6) is 0 Å². The summed E-state index contributed by atoms with van der Waals surface area (Å²) in [4.78, 5) is 0. The monoisotopic (exact) mass is 272 g/mol. The largest absolute Gasteiger partial charge is 0.385 e. The molecule has 0 saturated heterocycles. The van der Waals surface area contributed by atoms with Gasteiger partial charge in [0.15, 0.2) is 0 Å². The maximum absolute atomic E-state index is 11.1. The lowest BCUT2D eigenvalue weighted by atomic mass is 9.66. The quantitative estimate of drug-likeness (QED) is 0.824. The lowest BCUT2D eigenvalue weighted by molar-refractivity contribution is -0.0376. The Labute approximate surface area is 123 Å². The second-order valence-electron chi connectivity index (χ2n) is 7.19. The third-order valence-corrected chi connectivity index (χ3v) is 5.81. The van der Waals surface area contributed by atoms with Gasteiger partial charge in [-0.25, -0.2) is 0 Å². The fourth-order valence-corrected chi connectivity index (χ4v) is 4.41. The summed E-state index contributed by atoms with van der Waals surface area (Å²) in [6.45, 7) is 2.21. The van der Waals surface area contributed by atoms with Crippen LogP contribution < -0.4 is 0 Å². The van der Waals surface area contributed by atoms with E-state index in [1.807, 2.05) is 0 Å². The van der Waals surface area contributed by atoms with E-state index < -0.39 is 5.60 Å². The minimum atomic E-state index is -0.558. The van der Waals surface area contributed by atoms with Gasteiger partial charge in [0, 0.05) is 0 Å². The molecule has 3 rings (SSSR count). The minimum Gasteiger partial charge on any atom is -0.385 e. The number of aliphatic hydroxyl groups is 1. The van der Waals surface area contributed by atoms with Gasteiger partial charge in [-0.05, 0) is 61.5 Å². The molecule has 0 atom stereocenters. The van der Waals surface area contributed by atoms with Gasteiger partial charge in [-0.3, -0.25) is 0 Å². The smallest absolute Gasteiger partial charge is 0.0897 e. The van der Waals surface area contributed by atoms with Crippen molar-refractivity contribution in [3.63, 3.8) is 0 Å². The first-order chi connectivity index (χ1) is 9.66. The van der Waals surface area contributed by atoms with Gasteiger partial charge in [-0.2, -0.15) is 0 Å². The standard InChI is InChI=1S/C19H28O/c1-2-6-16-7-5-8-17(15-16)19(20)13-11-18(12-14-19)9-3-4-10-18/h5,7-8,15,20H,2-4,6,9-14H2,1H3. The number of hydrogen-bond acceptors (Lipinski definition) is 1. The second-order valence-corrected chi connectivity index (χ2v) is 7.19. The van der Waals surface area contributed by atoms with Crippen LogP contribution in [-0.2, 0) is 12.0 Å². The van der Waals surface area contributed by atoms with E-state index in [-0.39, 0.29) is 0 Å². The third-order valence-electron chi connectivity index (χ3n) is 5.81. The van der Waals surface area contributed by atoms with Crippen LogP contribution in [0, 0.1) is 5.41 Å². The molecular weight excluding hydrogens is 244 g/mol. The van der Waals surface area contributed by atoms with Crippen molar-refractivity contribution in [2.45, 2.75) is 76.7 Å². The highest BCUT2D eigenvalue weighted by Crippen LogP contribution is 2.53. The zero-order valence-electron chi connectivity index (χ0n) is 12.8. The van der Waals surface area contributed by atoms with Crippen LogP contribution in [-0.4, -0.2) is 5.11 Å². The molecule has 110 valence electrons. The molecule has 0 radical (unpaired) electrons. The van der Waals surface area contributed by atoms with Gasteiger partial charge in [0.05, 0.1) is 5.60 Å². The van der Waals surface area contributed by atoms with Crippen molar-refractivity contribution in [1.29, 1.82) is 0 Å². The predicted molar refractivity (Wildman–Crippen MR) is 83.7 cm³/mol. The molecular formula is C19H28O. The van der Waals surface area contributed by atoms with E-state index in [0.29, 0.717) is 5.41 Å². The molecule has 1 aromatic carbocycles. The molecule has 1 spiro atoms. The van der Waals surface area contributed by atoms with E-state index in [2.05, 4.69) is 31.2 Å². The zero-order chi connectivity index (χ0) is 14.1. The SMILES string of the molecule is CCCc1cccc(C2(O)CCC3(CCCC3)CC2)c1. The summed E-state index contributed by atoms with van der Waals surface area (Å²) in [7, 11) is 0. The van der Waals surface area contributed by atoms with Crippen LogP contribution in [0.25, 0.3) is 0 Å². The van der Waals surface area contributed by atoms with E-state index in [4.69, 9.17) is 0 Å². The molecule has 1 aromatic rings. The van der Waals surface area contributed by atoms with Gasteiger partial charge in [0.1, 0.15) is 0 Å². The van der Waals surface area contributed by atoms with Crippen LogP contribution in [0.2, 0.25) is 0 Å². The number of benzene rings is 1. The summed E-state index contributed by atoms with van der Waals surface area (Å²) in [6.07, 6.45) is 12.3. The Morgan fingerprint density at radius 1 is 1.00 bits per heavy atom. The molecule has 20 heavy (non-hydrogen) atoms. The molecule has 0 aliphatic heterocycles. The Kier molecular flexibility index (Phi) is 3.90. The highest BCUT2D eigenvalue weighted by Gasteiger charge is 2.43. The molecule has 2 saturated carbocycles. The molecule has 2 fully saturated rings. The molecule has 0 bridgehead atoms. The molecule has 0 unspecified atom stereocenters. The van der Waals surface area contributed by atoms with Crippen molar-refractivity contribution in [2.75, 3.05) is 0 Å². The van der Waals surface area contributed by atoms with Crippen molar-refractivity contribution >= 4 is 0 Å². The van der Waals surface area contributed by atoms with E-state index in [1.165, 1.54) is 50.5 Å². The molecule has 2 aliphatic carbocycles. The molecule has 0 aromatic heterocycles. The van der Waals surface area contributed by atoms with Crippen molar-refractivity contribution < 1.29 is 5.11 Å². The fraction of sp³-hybridized carbons (Fsp3) is 0.684. The van der Waals surface area contributed by atoms with Crippen LogP contribution in [0.15, 0.2) is 24.3 Å². The van der Waals surface area contributed by atoms with E-state index in [1.54, 1.807) is 0 Å². The van der Waals surface area contributed by atoms with Crippen LogP contribution in [0.1, 0.15) is 75.8 Å². The zero-order valence-corrected chi connectivity index (χ0v) is 12.8. The van der Waals surface area contributed by atoms with Gasteiger partial charge >= 0.3 is 0 Å². The Morgan fingerprint density at radius 3 is 2.35 bits per heavy atom. The van der Waals surface area contributed by atoms with Crippen molar-refractivity contribution in [3.8, 4) is 0 Å². The summed E-state index contributed by atoms with van der Waals surface area (Å²) in [5, 5.41) is 11.1. The van der Waals surface area contributed by atoms with Crippen molar-refractivity contribution in [3.05, 3.63) is 35.4 Å². The van der Waals surface area contributed by atoms with E-state index >= 15 is 0 Å². The maximum atomic E-state index is 11.1. The molecule has 1 nitrogen and oxygen atoms in total. The number of rotatable bonds is 3. The Hall–Kier alpha value is -0.820. The molecule has 0 amide bonds. The van der Waals surface area contributed by atoms with Crippen LogP contribution in [0.3, 0.4) is 0 Å². The van der Waals surface area contributed by atoms with Crippen molar-refractivity contribution in [1.82, 2.24) is 0 Å². The van der Waals surface area contributed by atoms with Gasteiger partial charge in [-0.1, -0.05) is 50.5 Å². The van der Waals surface area contributed by atoms with Crippen LogP contribution >= 0.6 is 0 Å². The minimum absolute atomic E-state index is 0.558. The first-order valence-corrected chi connectivity index (χ1v) is 8.48. The van der Waals surface area contributed by atoms with Crippen molar-refractivity contribution in [2.24, 2.45) is 5.41 Å². The lowest BCUT2D eigenvalue weighted by Crippen LogP contribution is -2.36. The first-order valence-electron chi connectivity index (χ1n) is 8.48. The summed E-state index contributed by atoms with van der Waals surface area (Å²) in [5.41, 5.74) is 2.57. The Bertz CT molecular complexity index is 447. The van der Waals surface area contributed by atoms with Crippen LogP contribution in [0.4, 0.5) is 0 Å². The average molecular weight is 272 g/mol. The first kappa shape index (κ1) is 14.1. The Morgan fingerprint density at radius 2 is 1.70 bits per heavy atom. The molecule has 2 aliphatic rings. The van der Waals surface area contributed by atoms with E-state index in [9.17, 15) is 5.11 Å². The number of aryl methyl sites for hydroxylation is 1. The highest BCUT2D eigenvalue weighted by molar-refractivity contribution is 5.29. The predicted octanol–water partition coefficient (Wildman–Crippen LogP) is 4.96. The lowest BCUT2D eigenvalue weighted by Gasteiger charge is -2.42. The summed E-state index contributed by atoms with van der Waals surface area (Å²) < 4.78 is 0. The van der Waals surface area contributed by atoms with Gasteiger partial charge < -0.3 is 5.11 Å². The topological polar surface area (TPSA) is 20.2 Å². The molecule has 1 N–H and O–H groups in total. The van der Waals surface area contributed by atoms with Gasteiger partial charge in [-0.15, -0.1) is 0 Å².